The molecule has 5 heteroatoms. The molecule has 0 radical (unpaired) electrons. The highest BCUT2D eigenvalue weighted by molar-refractivity contribution is 7.13. The second kappa shape index (κ2) is 4.53. The van der Waals surface area contributed by atoms with Gasteiger partial charge in [-0.25, -0.2) is 4.98 Å². The molecule has 0 spiro atoms. The van der Waals surface area contributed by atoms with Crippen LogP contribution >= 0.6 is 11.3 Å². The summed E-state index contributed by atoms with van der Waals surface area (Å²) < 4.78 is 0. The van der Waals surface area contributed by atoms with Crippen LogP contribution in [0.1, 0.15) is 35.6 Å². The number of hydrogen-bond donors (Lipinski definition) is 1. The number of Topliss-reactive ketones (excluding diaryl/α,β-unsaturated/α-hetero) is 1. The molecule has 1 unspecified atom stereocenters. The maximum Gasteiger partial charge on any atom is 0.286 e. The maximum atomic E-state index is 11.7. The summed E-state index contributed by atoms with van der Waals surface area (Å²) in [5.41, 5.74) is -0.797. The fourth-order valence-electron chi connectivity index (χ4n) is 1.15. The largest absolute Gasteiger partial charge is 0.499 e. The second-order valence-corrected chi connectivity index (χ2v) is 4.57. The van der Waals surface area contributed by atoms with Crippen LogP contribution in [-0.4, -0.2) is 15.9 Å². The molecule has 0 amide bonds. The minimum absolute atomic E-state index is 0.167. The van der Waals surface area contributed by atoms with Crippen molar-refractivity contribution in [1.82, 2.24) is 4.98 Å². The molecule has 1 atom stereocenters. The van der Waals surface area contributed by atoms with E-state index >= 15 is 0 Å². The fraction of sp³-hybridized carbons (Fsp3) is 0.500. The molecule has 0 aliphatic carbocycles. The van der Waals surface area contributed by atoms with Gasteiger partial charge in [0.15, 0.2) is 10.8 Å². The first-order valence-corrected chi connectivity index (χ1v) is 5.54. The molecule has 15 heavy (non-hydrogen) atoms. The standard InChI is InChI=1S/C10H13NO3S/c1-4-5(2)8(12)7-9(13)11-6(3)15-10(7)14/h5,14H,4H2,1-3H3. The lowest BCUT2D eigenvalue weighted by Gasteiger charge is -2.07. The molecular formula is C10H13NO3S. The predicted octanol–water partition coefficient (Wildman–Crippen LogP) is 1.75. The minimum atomic E-state index is -0.631. The van der Waals surface area contributed by atoms with Crippen molar-refractivity contribution in [3.63, 3.8) is 0 Å². The zero-order chi connectivity index (χ0) is 11.6. The molecule has 1 aromatic heterocycles. The first-order chi connectivity index (χ1) is 6.97. The van der Waals surface area contributed by atoms with Gasteiger partial charge in [-0.05, 0) is 13.3 Å². The predicted molar refractivity (Wildman–Crippen MR) is 58.6 cm³/mol. The Kier molecular flexibility index (Phi) is 3.57. The molecular weight excluding hydrogens is 214 g/mol. The van der Waals surface area contributed by atoms with Crippen LogP contribution in [0.25, 0.3) is 0 Å². The lowest BCUT2D eigenvalue weighted by Crippen LogP contribution is -2.22. The minimum Gasteiger partial charge on any atom is -0.499 e. The van der Waals surface area contributed by atoms with Gasteiger partial charge in [-0.15, -0.1) is 0 Å². The van der Waals surface area contributed by atoms with Gasteiger partial charge in [-0.3, -0.25) is 9.59 Å². The van der Waals surface area contributed by atoms with Crippen molar-refractivity contribution >= 4 is 17.1 Å². The summed E-state index contributed by atoms with van der Waals surface area (Å²) in [6.45, 7) is 5.20. The van der Waals surface area contributed by atoms with E-state index in [1.165, 1.54) is 0 Å². The van der Waals surface area contributed by atoms with Crippen LogP contribution in [0.15, 0.2) is 4.79 Å². The molecule has 0 bridgehead atoms. The SMILES string of the molecule is CCC(C)C(=O)c1c(O)sc(C)nc1=O. The Morgan fingerprint density at radius 3 is 2.67 bits per heavy atom. The summed E-state index contributed by atoms with van der Waals surface area (Å²) in [5, 5.41) is 9.78. The summed E-state index contributed by atoms with van der Waals surface area (Å²) in [5.74, 6) is -0.593. The smallest absolute Gasteiger partial charge is 0.286 e. The van der Waals surface area contributed by atoms with Crippen molar-refractivity contribution in [1.29, 1.82) is 0 Å². The van der Waals surface area contributed by atoms with E-state index in [-0.39, 0.29) is 22.3 Å². The van der Waals surface area contributed by atoms with Crippen molar-refractivity contribution in [3.8, 4) is 5.06 Å². The van der Waals surface area contributed by atoms with Gasteiger partial charge in [0.25, 0.3) is 5.56 Å². The molecule has 1 rings (SSSR count). The Hall–Kier alpha value is -1.23. The molecule has 0 aromatic carbocycles. The third kappa shape index (κ3) is 2.41. The number of nitrogens with zero attached hydrogens (tertiary/aromatic N) is 1. The Morgan fingerprint density at radius 2 is 2.20 bits per heavy atom. The third-order valence-electron chi connectivity index (χ3n) is 2.24. The van der Waals surface area contributed by atoms with Crippen molar-refractivity contribution in [2.45, 2.75) is 27.2 Å². The van der Waals surface area contributed by atoms with Crippen LogP contribution in [0.3, 0.4) is 0 Å². The highest BCUT2D eigenvalue weighted by atomic mass is 32.1. The molecule has 1 heterocycles. The van der Waals surface area contributed by atoms with Crippen molar-refractivity contribution in [3.05, 3.63) is 20.9 Å². The first-order valence-electron chi connectivity index (χ1n) is 4.72. The topological polar surface area (TPSA) is 67.3 Å². The highest BCUT2D eigenvalue weighted by Crippen LogP contribution is 2.23. The van der Waals surface area contributed by atoms with Gasteiger partial charge in [-0.1, -0.05) is 25.2 Å². The number of aromatic nitrogens is 1. The van der Waals surface area contributed by atoms with Gasteiger partial charge in [0, 0.05) is 5.92 Å². The first kappa shape index (κ1) is 11.8. The molecule has 82 valence electrons. The number of carbonyl (C=O) groups excluding carboxylic acids is 1. The summed E-state index contributed by atoms with van der Waals surface area (Å²) in [7, 11) is 0. The highest BCUT2D eigenvalue weighted by Gasteiger charge is 2.22. The molecule has 0 saturated carbocycles. The van der Waals surface area contributed by atoms with E-state index in [2.05, 4.69) is 4.98 Å². The van der Waals surface area contributed by atoms with Gasteiger partial charge in [-0.2, -0.15) is 0 Å². The number of aromatic hydroxyl groups is 1. The lowest BCUT2D eigenvalue weighted by molar-refractivity contribution is 0.0923. The van der Waals surface area contributed by atoms with Gasteiger partial charge < -0.3 is 5.11 Å². The summed E-state index contributed by atoms with van der Waals surface area (Å²) in [6.07, 6.45) is 0.635. The van der Waals surface area contributed by atoms with E-state index in [9.17, 15) is 14.7 Å². The van der Waals surface area contributed by atoms with Gasteiger partial charge in [0.2, 0.25) is 0 Å². The van der Waals surface area contributed by atoms with E-state index in [0.717, 1.165) is 11.3 Å². The Bertz CT molecular complexity index is 439. The Balaban J connectivity index is 3.26. The molecule has 1 N–H and O–H groups in total. The lowest BCUT2D eigenvalue weighted by atomic mass is 9.99. The number of rotatable bonds is 3. The maximum absolute atomic E-state index is 11.7. The van der Waals surface area contributed by atoms with E-state index < -0.39 is 5.56 Å². The summed E-state index contributed by atoms with van der Waals surface area (Å²) in [6, 6.07) is 0. The number of carbonyl (C=O) groups is 1. The van der Waals surface area contributed by atoms with Crippen molar-refractivity contribution in [2.24, 2.45) is 5.92 Å². The number of aryl methyl sites for hydroxylation is 1. The van der Waals surface area contributed by atoms with Gasteiger partial charge in [0.05, 0.1) is 5.01 Å². The van der Waals surface area contributed by atoms with Crippen LogP contribution < -0.4 is 5.56 Å². The number of ketones is 1. The fourth-order valence-corrected chi connectivity index (χ4v) is 1.85. The molecule has 0 fully saturated rings. The van der Waals surface area contributed by atoms with Crippen molar-refractivity contribution < 1.29 is 9.90 Å². The van der Waals surface area contributed by atoms with Crippen LogP contribution in [0.2, 0.25) is 0 Å². The molecule has 0 aliphatic rings. The summed E-state index contributed by atoms with van der Waals surface area (Å²) >= 11 is 0.953. The van der Waals surface area contributed by atoms with E-state index in [1.807, 2.05) is 6.92 Å². The monoisotopic (exact) mass is 227 g/mol. The molecule has 1 aromatic rings. The molecule has 4 nitrogen and oxygen atoms in total. The van der Waals surface area contributed by atoms with Crippen LogP contribution in [0.4, 0.5) is 0 Å². The zero-order valence-corrected chi connectivity index (χ0v) is 9.72. The average Bonchev–Trinajstić information content (AvgIpc) is 2.14. The zero-order valence-electron chi connectivity index (χ0n) is 8.90. The van der Waals surface area contributed by atoms with E-state index in [4.69, 9.17) is 0 Å². The molecule has 0 saturated heterocycles. The third-order valence-corrected chi connectivity index (χ3v) is 3.02. The Labute approximate surface area is 91.6 Å². The van der Waals surface area contributed by atoms with E-state index in [0.29, 0.717) is 11.4 Å². The van der Waals surface area contributed by atoms with E-state index in [1.54, 1.807) is 13.8 Å². The summed E-state index contributed by atoms with van der Waals surface area (Å²) in [4.78, 5) is 26.8. The molecule has 0 aliphatic heterocycles. The quantitative estimate of drug-likeness (QED) is 0.799. The van der Waals surface area contributed by atoms with Crippen LogP contribution in [-0.2, 0) is 0 Å². The normalized spacial score (nSPS) is 12.5. The number of hydrogen-bond acceptors (Lipinski definition) is 5. The average molecular weight is 227 g/mol. The van der Waals surface area contributed by atoms with Crippen LogP contribution in [0, 0.1) is 12.8 Å². The Morgan fingerprint density at radius 1 is 1.60 bits per heavy atom. The second-order valence-electron chi connectivity index (χ2n) is 3.39. The van der Waals surface area contributed by atoms with Gasteiger partial charge >= 0.3 is 0 Å². The van der Waals surface area contributed by atoms with Crippen LogP contribution in [0.5, 0.6) is 5.06 Å². The van der Waals surface area contributed by atoms with Crippen molar-refractivity contribution in [2.75, 3.05) is 0 Å². The van der Waals surface area contributed by atoms with Gasteiger partial charge in [0.1, 0.15) is 5.56 Å².